The molecule has 1 unspecified atom stereocenters. The van der Waals surface area contributed by atoms with Gasteiger partial charge in [0.25, 0.3) is 11.6 Å². The molecule has 0 aromatic heterocycles. The third kappa shape index (κ3) is 5.32. The Kier molecular flexibility index (Phi) is 6.79. The summed E-state index contributed by atoms with van der Waals surface area (Å²) in [5, 5.41) is 14.5. The van der Waals surface area contributed by atoms with Gasteiger partial charge in [-0.15, -0.1) is 0 Å². The van der Waals surface area contributed by atoms with Crippen molar-refractivity contribution < 1.29 is 19.4 Å². The zero-order valence-electron chi connectivity index (χ0n) is 14.2. The number of hydrogen-bond acceptors (Lipinski definition) is 4. The van der Waals surface area contributed by atoms with Crippen molar-refractivity contribution in [2.75, 3.05) is 26.0 Å². The van der Waals surface area contributed by atoms with Gasteiger partial charge in [0.2, 0.25) is 0 Å². The van der Waals surface area contributed by atoms with Crippen molar-refractivity contribution in [1.82, 2.24) is 0 Å². The van der Waals surface area contributed by atoms with Crippen LogP contribution in [-0.2, 0) is 11.3 Å². The summed E-state index contributed by atoms with van der Waals surface area (Å²) in [5.41, 5.74) is 0.719. The lowest BCUT2D eigenvalue weighted by molar-refractivity contribution is -0.885. The number of quaternary nitrogens is 1. The summed E-state index contributed by atoms with van der Waals surface area (Å²) in [6.07, 6.45) is 0. The molecule has 2 aromatic rings. The molecule has 2 N–H and O–H groups in total. The molecule has 1 atom stereocenters. The minimum absolute atomic E-state index is 0.0700. The number of likely N-dealkylation sites (N-methyl/N-ethyl adjacent to an activating group) is 1. The number of rotatable bonds is 7. The van der Waals surface area contributed by atoms with E-state index < -0.39 is 4.92 Å². The summed E-state index contributed by atoms with van der Waals surface area (Å²) in [6.45, 7) is 0.591. The van der Waals surface area contributed by atoms with Crippen LogP contribution in [0.25, 0.3) is 0 Å². The van der Waals surface area contributed by atoms with Crippen molar-refractivity contribution in [3.8, 4) is 5.75 Å². The molecule has 0 spiro atoms. The Morgan fingerprint density at radius 1 is 1.23 bits per heavy atom. The van der Waals surface area contributed by atoms with Crippen LogP contribution >= 0.6 is 23.2 Å². The third-order valence-corrected chi connectivity index (χ3v) is 4.10. The highest BCUT2D eigenvalue weighted by Gasteiger charge is 2.19. The van der Waals surface area contributed by atoms with Crippen molar-refractivity contribution >= 4 is 40.5 Å². The molecule has 0 radical (unpaired) electrons. The van der Waals surface area contributed by atoms with Gasteiger partial charge in [-0.05, 0) is 30.3 Å². The van der Waals surface area contributed by atoms with Crippen LogP contribution in [0.5, 0.6) is 5.75 Å². The highest BCUT2D eigenvalue weighted by molar-refractivity contribution is 6.31. The Balaban J connectivity index is 2.05. The number of amides is 1. The number of carbonyl (C=O) groups excluding carboxylic acids is 1. The SMILES string of the molecule is COc1ccc(Cl)cc1C[NH+](C)CC(=O)Nc1cc(Cl)ccc1[N+](=O)[O-]. The van der Waals surface area contributed by atoms with Gasteiger partial charge in [-0.2, -0.15) is 0 Å². The zero-order valence-corrected chi connectivity index (χ0v) is 15.7. The molecule has 0 saturated heterocycles. The van der Waals surface area contributed by atoms with Crippen LogP contribution in [0.4, 0.5) is 11.4 Å². The highest BCUT2D eigenvalue weighted by atomic mass is 35.5. The predicted octanol–water partition coefficient (Wildman–Crippen LogP) is 2.56. The monoisotopic (exact) mass is 398 g/mol. The van der Waals surface area contributed by atoms with E-state index in [0.29, 0.717) is 22.3 Å². The molecule has 7 nitrogen and oxygen atoms in total. The molecule has 9 heteroatoms. The fraction of sp³-hybridized carbons (Fsp3) is 0.235. The van der Waals surface area contributed by atoms with E-state index in [4.69, 9.17) is 27.9 Å². The standard InChI is InChI=1S/C17H17Cl2N3O4/c1-21(9-11-7-12(18)4-6-16(11)26-2)10-17(23)20-14-8-13(19)3-5-15(14)22(24)25/h3-8H,9-10H2,1-2H3,(H,20,23)/p+1. The van der Waals surface area contributed by atoms with Gasteiger partial charge in [0, 0.05) is 21.7 Å². The maximum absolute atomic E-state index is 12.3. The molecular weight excluding hydrogens is 381 g/mol. The van der Waals surface area contributed by atoms with Crippen LogP contribution in [0.3, 0.4) is 0 Å². The average Bonchev–Trinajstić information content (AvgIpc) is 2.54. The van der Waals surface area contributed by atoms with Gasteiger partial charge < -0.3 is 15.0 Å². The summed E-state index contributed by atoms with van der Waals surface area (Å²) in [7, 11) is 3.39. The summed E-state index contributed by atoms with van der Waals surface area (Å²) in [4.78, 5) is 23.6. The molecule has 0 bridgehead atoms. The van der Waals surface area contributed by atoms with E-state index in [-0.39, 0.29) is 23.8 Å². The zero-order chi connectivity index (χ0) is 19.3. The first kappa shape index (κ1) is 20.0. The Bertz CT molecular complexity index is 830. The maximum atomic E-state index is 12.3. The number of methoxy groups -OCH3 is 1. The van der Waals surface area contributed by atoms with Crippen molar-refractivity contribution in [1.29, 1.82) is 0 Å². The second-order valence-corrected chi connectivity index (χ2v) is 6.61. The first-order valence-electron chi connectivity index (χ1n) is 7.67. The predicted molar refractivity (Wildman–Crippen MR) is 100 cm³/mol. The summed E-state index contributed by atoms with van der Waals surface area (Å²) in [6, 6.07) is 9.28. The summed E-state index contributed by atoms with van der Waals surface area (Å²) < 4.78 is 5.29. The number of nitro groups is 1. The van der Waals surface area contributed by atoms with Crippen LogP contribution in [0.2, 0.25) is 10.0 Å². The van der Waals surface area contributed by atoms with Gasteiger partial charge in [-0.1, -0.05) is 23.2 Å². The fourth-order valence-corrected chi connectivity index (χ4v) is 2.88. The molecule has 2 rings (SSSR count). The molecule has 138 valence electrons. The maximum Gasteiger partial charge on any atom is 0.292 e. The number of hydrogen-bond donors (Lipinski definition) is 2. The van der Waals surface area contributed by atoms with Gasteiger partial charge in [-0.25, -0.2) is 0 Å². The second kappa shape index (κ2) is 8.84. The summed E-state index contributed by atoms with van der Waals surface area (Å²) >= 11 is 11.9. The minimum Gasteiger partial charge on any atom is -0.496 e. The van der Waals surface area contributed by atoms with Gasteiger partial charge in [0.15, 0.2) is 6.54 Å². The molecule has 0 aliphatic rings. The first-order chi connectivity index (χ1) is 12.3. The number of nitro benzene ring substituents is 1. The molecule has 0 saturated carbocycles. The Labute approximate surface area is 160 Å². The number of benzene rings is 2. The minimum atomic E-state index is -0.570. The number of anilines is 1. The molecule has 0 fully saturated rings. The van der Waals surface area contributed by atoms with E-state index in [2.05, 4.69) is 5.32 Å². The van der Waals surface area contributed by atoms with E-state index in [1.165, 1.54) is 18.2 Å². The number of carbonyl (C=O) groups is 1. The topological polar surface area (TPSA) is 85.9 Å². The average molecular weight is 399 g/mol. The smallest absolute Gasteiger partial charge is 0.292 e. The van der Waals surface area contributed by atoms with Gasteiger partial charge in [0.05, 0.1) is 19.1 Å². The largest absolute Gasteiger partial charge is 0.496 e. The van der Waals surface area contributed by atoms with Crippen molar-refractivity contribution in [3.63, 3.8) is 0 Å². The van der Waals surface area contributed by atoms with E-state index in [9.17, 15) is 14.9 Å². The molecule has 26 heavy (non-hydrogen) atoms. The van der Waals surface area contributed by atoms with Gasteiger partial charge >= 0.3 is 0 Å². The van der Waals surface area contributed by atoms with Crippen molar-refractivity contribution in [2.45, 2.75) is 6.54 Å². The fourth-order valence-electron chi connectivity index (χ4n) is 2.51. The van der Waals surface area contributed by atoms with E-state index in [1.54, 1.807) is 25.3 Å². The normalized spacial score (nSPS) is 11.7. The number of nitrogens with one attached hydrogen (secondary N) is 2. The Hall–Kier alpha value is -2.35. The number of nitrogens with zero attached hydrogens (tertiary/aromatic N) is 1. The van der Waals surface area contributed by atoms with Crippen LogP contribution in [0.1, 0.15) is 5.56 Å². The van der Waals surface area contributed by atoms with Crippen molar-refractivity contribution in [2.24, 2.45) is 0 Å². The molecule has 0 aliphatic heterocycles. The quantitative estimate of drug-likeness (QED) is 0.554. The van der Waals surface area contributed by atoms with Gasteiger partial charge in [-0.3, -0.25) is 14.9 Å². The lowest BCUT2D eigenvalue weighted by atomic mass is 10.2. The number of ether oxygens (including phenoxy) is 1. The molecular formula is C17H18Cl2N3O4+. The van der Waals surface area contributed by atoms with E-state index in [0.717, 1.165) is 10.5 Å². The Morgan fingerprint density at radius 2 is 1.88 bits per heavy atom. The van der Waals surface area contributed by atoms with Crippen LogP contribution in [0.15, 0.2) is 36.4 Å². The van der Waals surface area contributed by atoms with E-state index >= 15 is 0 Å². The molecule has 0 heterocycles. The summed E-state index contributed by atoms with van der Waals surface area (Å²) in [5.74, 6) is 0.313. The van der Waals surface area contributed by atoms with Crippen LogP contribution in [-0.4, -0.2) is 31.5 Å². The van der Waals surface area contributed by atoms with Crippen molar-refractivity contribution in [3.05, 3.63) is 62.1 Å². The first-order valence-corrected chi connectivity index (χ1v) is 8.43. The van der Waals surface area contributed by atoms with E-state index in [1.807, 2.05) is 7.05 Å². The molecule has 1 amide bonds. The van der Waals surface area contributed by atoms with Gasteiger partial charge in [0.1, 0.15) is 18.0 Å². The number of halogens is 2. The van der Waals surface area contributed by atoms with Crippen LogP contribution < -0.4 is 15.0 Å². The Morgan fingerprint density at radius 3 is 2.54 bits per heavy atom. The third-order valence-electron chi connectivity index (χ3n) is 3.63. The second-order valence-electron chi connectivity index (χ2n) is 5.73. The lowest BCUT2D eigenvalue weighted by Crippen LogP contribution is -3.08. The van der Waals surface area contributed by atoms with Crippen LogP contribution in [0, 0.1) is 10.1 Å². The molecule has 2 aromatic carbocycles. The highest BCUT2D eigenvalue weighted by Crippen LogP contribution is 2.27. The lowest BCUT2D eigenvalue weighted by Gasteiger charge is -2.16. The molecule has 0 aliphatic carbocycles.